The predicted molar refractivity (Wildman–Crippen MR) is 58.5 cm³/mol. The van der Waals surface area contributed by atoms with Gasteiger partial charge in [-0.25, -0.2) is 4.98 Å². The first-order valence-electron chi connectivity index (χ1n) is 4.07. The number of fused-ring (bicyclic) bond motifs is 1. The van der Waals surface area contributed by atoms with E-state index in [1.807, 2.05) is 19.1 Å². The van der Waals surface area contributed by atoms with Crippen LogP contribution < -0.4 is 11.1 Å². The molecule has 0 aliphatic heterocycles. The van der Waals surface area contributed by atoms with Crippen LogP contribution in [-0.2, 0) is 4.79 Å². The van der Waals surface area contributed by atoms with Crippen molar-refractivity contribution in [1.82, 2.24) is 4.98 Å². The zero-order chi connectivity index (χ0) is 10.1. The van der Waals surface area contributed by atoms with Gasteiger partial charge < -0.3 is 11.1 Å². The molecule has 0 saturated carbocycles. The van der Waals surface area contributed by atoms with E-state index in [1.165, 1.54) is 11.3 Å². The quantitative estimate of drug-likeness (QED) is 0.737. The largest absolute Gasteiger partial charge is 0.375 e. The number of aromatic nitrogens is 1. The summed E-state index contributed by atoms with van der Waals surface area (Å²) in [6.07, 6.45) is 0.657. The van der Waals surface area contributed by atoms with E-state index in [0.29, 0.717) is 11.5 Å². The molecule has 0 radical (unpaired) electrons. The number of hydrogen-bond donors (Lipinski definition) is 2. The van der Waals surface area contributed by atoms with E-state index >= 15 is 0 Å². The van der Waals surface area contributed by atoms with Crippen LogP contribution in [0.3, 0.4) is 0 Å². The van der Waals surface area contributed by atoms with E-state index in [9.17, 15) is 4.79 Å². The number of nitrogen functional groups attached to an aromatic ring is 1. The molecule has 2 aromatic rings. The molecule has 72 valence electrons. The molecule has 0 aliphatic carbocycles. The van der Waals surface area contributed by atoms with Crippen molar-refractivity contribution in [3.8, 4) is 0 Å². The average molecular weight is 207 g/mol. The summed E-state index contributed by atoms with van der Waals surface area (Å²) >= 11 is 1.44. The Balaban J connectivity index is 2.63. The monoisotopic (exact) mass is 207 g/mol. The molecule has 0 fully saturated rings. The Labute approximate surface area is 84.8 Å². The molecule has 0 spiro atoms. The Morgan fingerprint density at radius 1 is 1.57 bits per heavy atom. The van der Waals surface area contributed by atoms with Crippen LogP contribution in [0.2, 0.25) is 0 Å². The zero-order valence-corrected chi connectivity index (χ0v) is 8.39. The predicted octanol–water partition coefficient (Wildman–Crippen LogP) is 1.76. The highest BCUT2D eigenvalue weighted by atomic mass is 32.1. The van der Waals surface area contributed by atoms with Crippen LogP contribution in [0.1, 0.15) is 5.56 Å². The Kier molecular flexibility index (Phi) is 2.09. The fourth-order valence-corrected chi connectivity index (χ4v) is 2.13. The van der Waals surface area contributed by atoms with Crippen LogP contribution in [0.5, 0.6) is 0 Å². The Hall–Kier alpha value is -1.62. The number of carbonyl (C=O) groups excluding carboxylic acids is 1. The van der Waals surface area contributed by atoms with E-state index in [0.717, 1.165) is 21.5 Å². The number of carbonyl (C=O) groups is 1. The molecule has 0 saturated heterocycles. The van der Waals surface area contributed by atoms with Gasteiger partial charge in [-0.2, -0.15) is 0 Å². The van der Waals surface area contributed by atoms with E-state index in [-0.39, 0.29) is 0 Å². The minimum absolute atomic E-state index is 0.544. The number of benzene rings is 1. The Morgan fingerprint density at radius 2 is 2.36 bits per heavy atom. The maximum atomic E-state index is 10.3. The van der Waals surface area contributed by atoms with E-state index < -0.39 is 0 Å². The van der Waals surface area contributed by atoms with Crippen LogP contribution in [0.25, 0.3) is 10.2 Å². The SMILES string of the molecule is Cc1cc2sc(N)nc2cc1NC=O. The molecule has 4 nitrogen and oxygen atoms in total. The average Bonchev–Trinajstić information content (AvgIpc) is 2.45. The molecule has 2 rings (SSSR count). The highest BCUT2D eigenvalue weighted by Crippen LogP contribution is 2.28. The number of thiazole rings is 1. The second-order valence-electron chi connectivity index (χ2n) is 2.95. The molecule has 3 N–H and O–H groups in total. The normalized spacial score (nSPS) is 10.4. The minimum Gasteiger partial charge on any atom is -0.375 e. The summed E-state index contributed by atoms with van der Waals surface area (Å²) in [6, 6.07) is 3.79. The summed E-state index contributed by atoms with van der Waals surface area (Å²) in [5, 5.41) is 3.16. The third-order valence-corrected chi connectivity index (χ3v) is 2.81. The number of rotatable bonds is 2. The lowest BCUT2D eigenvalue weighted by Gasteiger charge is -2.02. The molecular weight excluding hydrogens is 198 g/mol. The summed E-state index contributed by atoms with van der Waals surface area (Å²) in [5.74, 6) is 0. The standard InChI is InChI=1S/C9H9N3OS/c1-5-2-8-7(12-9(10)14-8)3-6(5)11-4-13/h2-4H,1H3,(H2,10,12)(H,11,13). The lowest BCUT2D eigenvalue weighted by atomic mass is 10.2. The first-order chi connectivity index (χ1) is 6.70. The molecule has 1 aromatic heterocycles. The van der Waals surface area contributed by atoms with Gasteiger partial charge in [-0.1, -0.05) is 11.3 Å². The van der Waals surface area contributed by atoms with Crippen molar-refractivity contribution in [2.24, 2.45) is 0 Å². The first kappa shape index (κ1) is 8.96. The lowest BCUT2D eigenvalue weighted by Crippen LogP contribution is -1.95. The van der Waals surface area contributed by atoms with Gasteiger partial charge in [0, 0.05) is 5.69 Å². The van der Waals surface area contributed by atoms with Crippen LogP contribution in [0.15, 0.2) is 12.1 Å². The van der Waals surface area contributed by atoms with Gasteiger partial charge in [-0.05, 0) is 24.6 Å². The molecule has 0 atom stereocenters. The number of aryl methyl sites for hydroxylation is 1. The van der Waals surface area contributed by atoms with Crippen molar-refractivity contribution in [3.05, 3.63) is 17.7 Å². The van der Waals surface area contributed by atoms with Crippen LogP contribution in [-0.4, -0.2) is 11.4 Å². The van der Waals surface area contributed by atoms with Gasteiger partial charge in [0.1, 0.15) is 0 Å². The molecule has 0 unspecified atom stereocenters. The fourth-order valence-electron chi connectivity index (χ4n) is 1.31. The van der Waals surface area contributed by atoms with Crippen molar-refractivity contribution in [3.63, 3.8) is 0 Å². The molecule has 0 bridgehead atoms. The van der Waals surface area contributed by atoms with Crippen molar-refractivity contribution in [1.29, 1.82) is 0 Å². The molecule has 0 aliphatic rings. The van der Waals surface area contributed by atoms with Crippen molar-refractivity contribution in [2.45, 2.75) is 6.92 Å². The summed E-state index contributed by atoms with van der Waals surface area (Å²) in [4.78, 5) is 14.5. The molecule has 1 amide bonds. The van der Waals surface area contributed by atoms with Gasteiger partial charge in [-0.3, -0.25) is 4.79 Å². The zero-order valence-electron chi connectivity index (χ0n) is 7.57. The molecular formula is C9H9N3OS. The first-order valence-corrected chi connectivity index (χ1v) is 4.89. The minimum atomic E-state index is 0.544. The third-order valence-electron chi connectivity index (χ3n) is 1.97. The maximum Gasteiger partial charge on any atom is 0.211 e. The van der Waals surface area contributed by atoms with Crippen LogP contribution in [0.4, 0.5) is 10.8 Å². The molecule has 1 aromatic carbocycles. The second-order valence-corrected chi connectivity index (χ2v) is 4.01. The van der Waals surface area contributed by atoms with Crippen molar-refractivity contribution < 1.29 is 4.79 Å². The summed E-state index contributed by atoms with van der Waals surface area (Å²) in [5.41, 5.74) is 8.19. The van der Waals surface area contributed by atoms with Gasteiger partial charge in [0.2, 0.25) is 6.41 Å². The molecule has 1 heterocycles. The second kappa shape index (κ2) is 3.26. The third kappa shape index (κ3) is 1.42. The van der Waals surface area contributed by atoms with E-state index in [2.05, 4.69) is 10.3 Å². The lowest BCUT2D eigenvalue weighted by molar-refractivity contribution is -0.105. The van der Waals surface area contributed by atoms with Gasteiger partial charge in [-0.15, -0.1) is 0 Å². The van der Waals surface area contributed by atoms with Gasteiger partial charge in [0.25, 0.3) is 0 Å². The van der Waals surface area contributed by atoms with Gasteiger partial charge in [0.05, 0.1) is 10.2 Å². The molecule has 5 heteroatoms. The van der Waals surface area contributed by atoms with Gasteiger partial charge in [0.15, 0.2) is 5.13 Å². The number of nitrogens with zero attached hydrogens (tertiary/aromatic N) is 1. The fraction of sp³-hybridized carbons (Fsp3) is 0.111. The number of anilines is 2. The number of nitrogens with one attached hydrogen (secondary N) is 1. The summed E-state index contributed by atoms with van der Waals surface area (Å²) < 4.78 is 1.04. The van der Waals surface area contributed by atoms with E-state index in [4.69, 9.17) is 5.73 Å². The number of amides is 1. The summed E-state index contributed by atoms with van der Waals surface area (Å²) in [7, 11) is 0. The Morgan fingerprint density at radius 3 is 3.07 bits per heavy atom. The van der Waals surface area contributed by atoms with Gasteiger partial charge >= 0.3 is 0 Å². The van der Waals surface area contributed by atoms with E-state index in [1.54, 1.807) is 0 Å². The summed E-state index contributed by atoms with van der Waals surface area (Å²) in [6.45, 7) is 1.93. The molecule has 14 heavy (non-hydrogen) atoms. The smallest absolute Gasteiger partial charge is 0.211 e. The number of hydrogen-bond acceptors (Lipinski definition) is 4. The highest BCUT2D eigenvalue weighted by molar-refractivity contribution is 7.22. The topological polar surface area (TPSA) is 68.0 Å². The van der Waals surface area contributed by atoms with Crippen molar-refractivity contribution in [2.75, 3.05) is 11.1 Å². The highest BCUT2D eigenvalue weighted by Gasteiger charge is 2.04. The number of nitrogens with two attached hydrogens (primary N) is 1. The van der Waals surface area contributed by atoms with Crippen LogP contribution >= 0.6 is 11.3 Å². The van der Waals surface area contributed by atoms with Crippen LogP contribution in [0, 0.1) is 6.92 Å². The maximum absolute atomic E-state index is 10.3. The Bertz CT molecular complexity index is 492. The van der Waals surface area contributed by atoms with Crippen molar-refractivity contribution >= 4 is 38.8 Å².